The van der Waals surface area contributed by atoms with Crippen LogP contribution in [0.1, 0.15) is 29.9 Å². The number of hydrogen-bond acceptors (Lipinski definition) is 2. The molecule has 1 fully saturated rings. The molecule has 0 radical (unpaired) electrons. The van der Waals surface area contributed by atoms with Crippen molar-refractivity contribution in [3.63, 3.8) is 0 Å². The summed E-state index contributed by atoms with van der Waals surface area (Å²) < 4.78 is 25.3. The van der Waals surface area contributed by atoms with Crippen molar-refractivity contribution in [3.8, 4) is 0 Å². The van der Waals surface area contributed by atoms with Crippen molar-refractivity contribution >= 4 is 9.84 Å². The Labute approximate surface area is 126 Å². The summed E-state index contributed by atoms with van der Waals surface area (Å²) in [4.78, 5) is 0.440. The molecule has 21 heavy (non-hydrogen) atoms. The number of sulfone groups is 1. The highest BCUT2D eigenvalue weighted by molar-refractivity contribution is 7.91. The van der Waals surface area contributed by atoms with Crippen LogP contribution in [0.2, 0.25) is 0 Å². The number of aryl methyl sites for hydroxylation is 1. The Kier molecular flexibility index (Phi) is 3.85. The monoisotopic (exact) mass is 300 g/mol. The molecule has 2 aromatic rings. The van der Waals surface area contributed by atoms with Crippen LogP contribution in [0.25, 0.3) is 0 Å². The van der Waals surface area contributed by atoms with Crippen molar-refractivity contribution in [2.45, 2.75) is 30.6 Å². The van der Waals surface area contributed by atoms with Gasteiger partial charge in [0.15, 0.2) is 9.84 Å². The van der Waals surface area contributed by atoms with Gasteiger partial charge in [0.25, 0.3) is 0 Å². The predicted octanol–water partition coefficient (Wildman–Crippen LogP) is 3.96. The molecule has 3 rings (SSSR count). The first-order valence-corrected chi connectivity index (χ1v) is 9.06. The largest absolute Gasteiger partial charge is 0.224 e. The Bertz CT molecular complexity index is 699. The van der Waals surface area contributed by atoms with Crippen LogP contribution in [0.5, 0.6) is 0 Å². The van der Waals surface area contributed by atoms with Gasteiger partial charge in [-0.25, -0.2) is 8.42 Å². The van der Waals surface area contributed by atoms with E-state index in [4.69, 9.17) is 0 Å². The van der Waals surface area contributed by atoms with Crippen molar-refractivity contribution in [2.24, 2.45) is 5.92 Å². The van der Waals surface area contributed by atoms with Crippen LogP contribution in [0.3, 0.4) is 0 Å². The van der Waals surface area contributed by atoms with Gasteiger partial charge in [0, 0.05) is 5.92 Å². The van der Waals surface area contributed by atoms with Crippen molar-refractivity contribution in [2.75, 3.05) is 5.75 Å². The highest BCUT2D eigenvalue weighted by Crippen LogP contribution is 2.43. The van der Waals surface area contributed by atoms with Crippen molar-refractivity contribution < 1.29 is 8.42 Å². The summed E-state index contributed by atoms with van der Waals surface area (Å²) in [7, 11) is -3.23. The third-order valence-electron chi connectivity index (χ3n) is 4.20. The van der Waals surface area contributed by atoms with E-state index in [9.17, 15) is 8.42 Å². The molecule has 0 spiro atoms. The van der Waals surface area contributed by atoms with E-state index in [1.54, 1.807) is 12.1 Å². The van der Waals surface area contributed by atoms with Gasteiger partial charge in [-0.1, -0.05) is 48.0 Å². The summed E-state index contributed by atoms with van der Waals surface area (Å²) in [6, 6.07) is 17.2. The highest BCUT2D eigenvalue weighted by Gasteiger charge is 2.35. The zero-order valence-corrected chi connectivity index (χ0v) is 13.0. The molecule has 2 aromatic carbocycles. The molecule has 0 amide bonds. The lowest BCUT2D eigenvalue weighted by Crippen LogP contribution is -2.16. The lowest BCUT2D eigenvalue weighted by Gasteiger charge is -2.17. The Balaban J connectivity index is 1.87. The minimum Gasteiger partial charge on any atom is -0.224 e. The summed E-state index contributed by atoms with van der Waals surface area (Å²) in [6.45, 7) is 1.97. The SMILES string of the molecule is Cc1ccc(S(=O)(=O)C[C@H](c2ccccc2)C2CC2)cc1. The molecule has 0 aliphatic heterocycles. The quantitative estimate of drug-likeness (QED) is 0.837. The van der Waals surface area contributed by atoms with E-state index in [1.807, 2.05) is 49.4 Å². The van der Waals surface area contributed by atoms with Gasteiger partial charge in [0.05, 0.1) is 10.6 Å². The van der Waals surface area contributed by atoms with Gasteiger partial charge in [-0.05, 0) is 43.4 Å². The summed E-state index contributed by atoms with van der Waals surface area (Å²) in [5.41, 5.74) is 2.23. The number of benzene rings is 2. The normalized spacial score (nSPS) is 16.6. The molecule has 110 valence electrons. The van der Waals surface area contributed by atoms with Gasteiger partial charge in [-0.3, -0.25) is 0 Å². The number of rotatable bonds is 5. The van der Waals surface area contributed by atoms with Gasteiger partial charge in [-0.2, -0.15) is 0 Å². The number of hydrogen-bond donors (Lipinski definition) is 0. The minimum atomic E-state index is -3.23. The molecule has 0 N–H and O–H groups in total. The van der Waals surface area contributed by atoms with E-state index < -0.39 is 9.84 Å². The van der Waals surface area contributed by atoms with Crippen LogP contribution in [0, 0.1) is 12.8 Å². The third kappa shape index (κ3) is 3.35. The second-order valence-electron chi connectivity index (χ2n) is 5.95. The summed E-state index contributed by atoms with van der Waals surface area (Å²) in [5, 5.41) is 0. The average molecular weight is 300 g/mol. The van der Waals surface area contributed by atoms with E-state index >= 15 is 0 Å². The first kappa shape index (κ1) is 14.3. The zero-order chi connectivity index (χ0) is 14.9. The topological polar surface area (TPSA) is 34.1 Å². The van der Waals surface area contributed by atoms with Gasteiger partial charge < -0.3 is 0 Å². The molecule has 0 bridgehead atoms. The fraction of sp³-hybridized carbons (Fsp3) is 0.333. The molecule has 1 atom stereocenters. The van der Waals surface area contributed by atoms with Crippen LogP contribution in [-0.2, 0) is 9.84 Å². The fourth-order valence-electron chi connectivity index (χ4n) is 2.78. The van der Waals surface area contributed by atoms with Gasteiger partial charge in [-0.15, -0.1) is 0 Å². The van der Waals surface area contributed by atoms with Gasteiger partial charge in [0.1, 0.15) is 0 Å². The first-order valence-electron chi connectivity index (χ1n) is 7.40. The summed E-state index contributed by atoms with van der Waals surface area (Å²) >= 11 is 0. The van der Waals surface area contributed by atoms with Crippen molar-refractivity contribution in [1.29, 1.82) is 0 Å². The van der Waals surface area contributed by atoms with Crippen molar-refractivity contribution in [1.82, 2.24) is 0 Å². The van der Waals surface area contributed by atoms with Crippen molar-refractivity contribution in [3.05, 3.63) is 65.7 Å². The third-order valence-corrected chi connectivity index (χ3v) is 5.99. The van der Waals surface area contributed by atoms with E-state index in [1.165, 1.54) is 0 Å². The molecule has 0 aromatic heterocycles. The minimum absolute atomic E-state index is 0.123. The van der Waals surface area contributed by atoms with Crippen LogP contribution in [0.4, 0.5) is 0 Å². The van der Waals surface area contributed by atoms with E-state index in [0.29, 0.717) is 10.8 Å². The molecule has 1 saturated carbocycles. The molecule has 0 heterocycles. The zero-order valence-electron chi connectivity index (χ0n) is 12.2. The second-order valence-corrected chi connectivity index (χ2v) is 7.98. The summed E-state index contributed by atoms with van der Waals surface area (Å²) in [5.74, 6) is 0.857. The standard InChI is InChI=1S/C18H20O2S/c1-14-7-11-17(12-8-14)21(19,20)13-18(16-9-10-16)15-5-3-2-4-6-15/h2-8,11-12,16,18H,9-10,13H2,1H3/t18-/m1/s1. The molecular weight excluding hydrogens is 280 g/mol. The predicted molar refractivity (Wildman–Crippen MR) is 85.1 cm³/mol. The average Bonchev–Trinajstić information content (AvgIpc) is 3.31. The maximum Gasteiger partial charge on any atom is 0.178 e. The van der Waals surface area contributed by atoms with Crippen LogP contribution in [-0.4, -0.2) is 14.2 Å². The first-order chi connectivity index (χ1) is 10.1. The van der Waals surface area contributed by atoms with Crippen LogP contribution in [0.15, 0.2) is 59.5 Å². The molecule has 3 heteroatoms. The Morgan fingerprint density at radius 2 is 1.62 bits per heavy atom. The fourth-order valence-corrected chi connectivity index (χ4v) is 4.46. The smallest absolute Gasteiger partial charge is 0.178 e. The molecule has 1 aliphatic carbocycles. The maximum absolute atomic E-state index is 12.7. The second kappa shape index (κ2) is 5.64. The lowest BCUT2D eigenvalue weighted by atomic mass is 9.96. The van der Waals surface area contributed by atoms with Gasteiger partial charge >= 0.3 is 0 Å². The molecule has 2 nitrogen and oxygen atoms in total. The van der Waals surface area contributed by atoms with Crippen LogP contribution < -0.4 is 0 Å². The molecule has 1 aliphatic rings. The molecular formula is C18H20O2S. The van der Waals surface area contributed by atoms with Crippen LogP contribution >= 0.6 is 0 Å². The lowest BCUT2D eigenvalue weighted by molar-refractivity contribution is 0.576. The van der Waals surface area contributed by atoms with E-state index in [-0.39, 0.29) is 11.7 Å². The Hall–Kier alpha value is -1.61. The maximum atomic E-state index is 12.7. The van der Waals surface area contributed by atoms with E-state index in [0.717, 1.165) is 24.0 Å². The summed E-state index contributed by atoms with van der Waals surface area (Å²) in [6.07, 6.45) is 2.28. The van der Waals surface area contributed by atoms with E-state index in [2.05, 4.69) is 0 Å². The Morgan fingerprint density at radius 3 is 2.19 bits per heavy atom. The molecule has 0 saturated heterocycles. The Morgan fingerprint density at radius 1 is 1.00 bits per heavy atom. The van der Waals surface area contributed by atoms with Gasteiger partial charge in [0.2, 0.25) is 0 Å². The highest BCUT2D eigenvalue weighted by atomic mass is 32.2. The molecule has 0 unspecified atom stereocenters.